The van der Waals surface area contributed by atoms with Crippen LogP contribution >= 0.6 is 27.3 Å². The lowest BCUT2D eigenvalue weighted by Gasteiger charge is -2.15. The average Bonchev–Trinajstić information content (AvgIpc) is 3.12. The van der Waals surface area contributed by atoms with E-state index in [0.29, 0.717) is 28.1 Å². The summed E-state index contributed by atoms with van der Waals surface area (Å²) in [6.07, 6.45) is 0. The highest BCUT2D eigenvalue weighted by Gasteiger charge is 2.14. The van der Waals surface area contributed by atoms with E-state index in [2.05, 4.69) is 26.3 Å². The summed E-state index contributed by atoms with van der Waals surface area (Å²) in [5.74, 6) is 0.125. The maximum atomic E-state index is 13.3. The lowest BCUT2D eigenvalue weighted by molar-refractivity contribution is 0.628. The Labute approximate surface area is 161 Å². The molecule has 0 unspecified atom stereocenters. The van der Waals surface area contributed by atoms with Crippen LogP contribution in [-0.4, -0.2) is 9.66 Å². The van der Waals surface area contributed by atoms with Crippen molar-refractivity contribution in [3.05, 3.63) is 86.2 Å². The maximum absolute atomic E-state index is 13.3. The summed E-state index contributed by atoms with van der Waals surface area (Å²) in [6, 6.07) is 15.6. The Morgan fingerprint density at radius 3 is 2.54 bits per heavy atom. The highest BCUT2D eigenvalue weighted by atomic mass is 79.9. The minimum atomic E-state index is -0.331. The van der Waals surface area contributed by atoms with Gasteiger partial charge >= 0.3 is 0 Å². The van der Waals surface area contributed by atoms with Crippen LogP contribution in [0.2, 0.25) is 0 Å². The molecular formula is C19H13BrFN3OS. The van der Waals surface area contributed by atoms with E-state index in [1.54, 1.807) is 12.1 Å². The number of hydrogen-bond donors (Lipinski definition) is 1. The van der Waals surface area contributed by atoms with Gasteiger partial charge in [0.05, 0.1) is 12.1 Å². The van der Waals surface area contributed by atoms with Crippen molar-refractivity contribution < 1.29 is 4.39 Å². The first-order chi connectivity index (χ1) is 12.6. The molecule has 7 heteroatoms. The zero-order chi connectivity index (χ0) is 18.1. The minimum absolute atomic E-state index is 0.165. The van der Waals surface area contributed by atoms with Gasteiger partial charge in [0.15, 0.2) is 5.82 Å². The molecule has 0 saturated heterocycles. The van der Waals surface area contributed by atoms with Gasteiger partial charge in [0.2, 0.25) is 0 Å². The molecule has 0 amide bonds. The molecule has 2 aromatic carbocycles. The first-order valence-corrected chi connectivity index (χ1v) is 9.53. The van der Waals surface area contributed by atoms with Crippen LogP contribution in [0.15, 0.2) is 69.2 Å². The summed E-state index contributed by atoms with van der Waals surface area (Å²) in [6.45, 7) is 0.458. The summed E-state index contributed by atoms with van der Waals surface area (Å²) >= 11 is 4.76. The Hall–Kier alpha value is -2.51. The molecule has 4 rings (SSSR count). The molecule has 2 aromatic heterocycles. The SMILES string of the molecule is O=c1c2sccc2nc(-c2ccc(F)cc2)n1NCc1ccc(Br)cc1. The number of thiophene rings is 1. The van der Waals surface area contributed by atoms with Gasteiger partial charge in [0.25, 0.3) is 5.56 Å². The van der Waals surface area contributed by atoms with Gasteiger partial charge in [-0.15, -0.1) is 11.3 Å². The normalized spacial score (nSPS) is 11.0. The van der Waals surface area contributed by atoms with Crippen molar-refractivity contribution in [3.63, 3.8) is 0 Å². The van der Waals surface area contributed by atoms with Crippen molar-refractivity contribution in [2.45, 2.75) is 6.54 Å². The van der Waals surface area contributed by atoms with Gasteiger partial charge in [-0.1, -0.05) is 28.1 Å². The summed E-state index contributed by atoms with van der Waals surface area (Å²) in [4.78, 5) is 17.5. The van der Waals surface area contributed by atoms with Gasteiger partial charge < -0.3 is 5.43 Å². The van der Waals surface area contributed by atoms with Gasteiger partial charge in [0.1, 0.15) is 10.5 Å². The Kier molecular flexibility index (Phi) is 4.57. The molecule has 4 nitrogen and oxygen atoms in total. The summed E-state index contributed by atoms with van der Waals surface area (Å²) in [7, 11) is 0. The molecular weight excluding hydrogens is 417 g/mol. The molecule has 0 radical (unpaired) electrons. The van der Waals surface area contributed by atoms with Gasteiger partial charge in [-0.3, -0.25) is 4.79 Å². The van der Waals surface area contributed by atoms with E-state index in [4.69, 9.17) is 0 Å². The second-order valence-electron chi connectivity index (χ2n) is 5.68. The Balaban J connectivity index is 1.79. The van der Waals surface area contributed by atoms with Crippen LogP contribution in [-0.2, 0) is 6.54 Å². The van der Waals surface area contributed by atoms with Crippen molar-refractivity contribution in [2.24, 2.45) is 0 Å². The van der Waals surface area contributed by atoms with Crippen LogP contribution < -0.4 is 11.0 Å². The molecule has 0 fully saturated rings. The number of aromatic nitrogens is 2. The number of halogens is 2. The van der Waals surface area contributed by atoms with E-state index in [0.717, 1.165) is 10.0 Å². The molecule has 0 bridgehead atoms. The third kappa shape index (κ3) is 3.27. The third-order valence-electron chi connectivity index (χ3n) is 3.94. The topological polar surface area (TPSA) is 46.9 Å². The molecule has 0 saturated carbocycles. The monoisotopic (exact) mass is 429 g/mol. The van der Waals surface area contributed by atoms with Crippen LogP contribution in [0.25, 0.3) is 21.6 Å². The number of benzene rings is 2. The quantitative estimate of drug-likeness (QED) is 0.508. The zero-order valence-electron chi connectivity index (χ0n) is 13.4. The summed E-state index contributed by atoms with van der Waals surface area (Å²) < 4.78 is 16.3. The van der Waals surface area contributed by atoms with Crippen molar-refractivity contribution >= 4 is 37.5 Å². The second-order valence-corrected chi connectivity index (χ2v) is 7.51. The number of rotatable bonds is 4. The predicted molar refractivity (Wildman–Crippen MR) is 106 cm³/mol. The van der Waals surface area contributed by atoms with E-state index < -0.39 is 0 Å². The highest BCUT2D eigenvalue weighted by molar-refractivity contribution is 9.10. The van der Waals surface area contributed by atoms with Crippen LogP contribution in [0.1, 0.15) is 5.56 Å². The van der Waals surface area contributed by atoms with Gasteiger partial charge in [-0.2, -0.15) is 0 Å². The van der Waals surface area contributed by atoms with Crippen molar-refractivity contribution in [1.82, 2.24) is 9.66 Å². The number of nitrogens with zero attached hydrogens (tertiary/aromatic N) is 2. The van der Waals surface area contributed by atoms with Crippen molar-refractivity contribution in [3.8, 4) is 11.4 Å². The Morgan fingerprint density at radius 1 is 1.08 bits per heavy atom. The molecule has 0 aliphatic carbocycles. The van der Waals surface area contributed by atoms with Crippen molar-refractivity contribution in [1.29, 1.82) is 0 Å². The van der Waals surface area contributed by atoms with Crippen LogP contribution in [0.5, 0.6) is 0 Å². The average molecular weight is 430 g/mol. The smallest absolute Gasteiger partial charge is 0.290 e. The van der Waals surface area contributed by atoms with E-state index >= 15 is 0 Å². The van der Waals surface area contributed by atoms with E-state index in [1.165, 1.54) is 28.1 Å². The first kappa shape index (κ1) is 16.9. The second kappa shape index (κ2) is 7.01. The van der Waals surface area contributed by atoms with E-state index in [1.807, 2.05) is 35.7 Å². The summed E-state index contributed by atoms with van der Waals surface area (Å²) in [5, 5.41) is 1.84. The minimum Gasteiger partial charge on any atom is -0.317 e. The fraction of sp³-hybridized carbons (Fsp3) is 0.0526. The zero-order valence-corrected chi connectivity index (χ0v) is 15.8. The largest absolute Gasteiger partial charge is 0.317 e. The molecule has 4 aromatic rings. The standard InChI is InChI=1S/C19H13BrFN3OS/c20-14-5-1-12(2-6-14)11-22-24-18(13-3-7-15(21)8-4-13)23-16-9-10-26-17(16)19(24)25/h1-10,22H,11H2. The lowest BCUT2D eigenvalue weighted by atomic mass is 10.2. The van der Waals surface area contributed by atoms with E-state index in [9.17, 15) is 9.18 Å². The Morgan fingerprint density at radius 2 is 1.81 bits per heavy atom. The van der Waals surface area contributed by atoms with Crippen molar-refractivity contribution in [2.75, 3.05) is 5.43 Å². The van der Waals surface area contributed by atoms with Crippen LogP contribution in [0, 0.1) is 5.82 Å². The van der Waals surface area contributed by atoms with Crippen LogP contribution in [0.3, 0.4) is 0 Å². The molecule has 26 heavy (non-hydrogen) atoms. The summed E-state index contributed by atoms with van der Waals surface area (Å²) in [5.41, 5.74) is 5.32. The van der Waals surface area contributed by atoms with Gasteiger partial charge in [-0.05, 0) is 53.4 Å². The molecule has 2 heterocycles. The predicted octanol–water partition coefficient (Wildman–Crippen LogP) is 4.77. The number of hydrogen-bond acceptors (Lipinski definition) is 4. The molecule has 0 spiro atoms. The van der Waals surface area contributed by atoms with E-state index in [-0.39, 0.29) is 11.4 Å². The van der Waals surface area contributed by atoms with Gasteiger partial charge in [-0.25, -0.2) is 14.1 Å². The number of nitrogens with one attached hydrogen (secondary N) is 1. The number of fused-ring (bicyclic) bond motifs is 1. The fourth-order valence-corrected chi connectivity index (χ4v) is 3.65. The molecule has 0 aliphatic heterocycles. The first-order valence-electron chi connectivity index (χ1n) is 7.86. The molecule has 0 atom stereocenters. The third-order valence-corrected chi connectivity index (χ3v) is 5.36. The molecule has 0 aliphatic rings. The Bertz CT molecular complexity index is 1120. The van der Waals surface area contributed by atoms with Gasteiger partial charge in [0, 0.05) is 10.0 Å². The molecule has 130 valence electrons. The van der Waals surface area contributed by atoms with Crippen LogP contribution in [0.4, 0.5) is 4.39 Å². The fourth-order valence-electron chi connectivity index (χ4n) is 2.62. The lowest BCUT2D eigenvalue weighted by Crippen LogP contribution is -2.30. The highest BCUT2D eigenvalue weighted by Crippen LogP contribution is 2.21. The maximum Gasteiger partial charge on any atom is 0.290 e. The molecule has 1 N–H and O–H groups in total.